The van der Waals surface area contributed by atoms with Crippen molar-refractivity contribution in [2.45, 2.75) is 19.8 Å². The molecule has 21 heavy (non-hydrogen) atoms. The van der Waals surface area contributed by atoms with Crippen LogP contribution in [0.5, 0.6) is 0 Å². The average Bonchev–Trinajstić information content (AvgIpc) is 2.47. The lowest BCUT2D eigenvalue weighted by Gasteiger charge is -2.19. The van der Waals surface area contributed by atoms with Gasteiger partial charge in [-0.2, -0.15) is 0 Å². The van der Waals surface area contributed by atoms with Crippen LogP contribution in [-0.2, 0) is 6.42 Å². The molecule has 0 radical (unpaired) electrons. The van der Waals surface area contributed by atoms with Gasteiger partial charge in [-0.3, -0.25) is 4.79 Å². The van der Waals surface area contributed by atoms with Crippen LogP contribution in [0.25, 0.3) is 0 Å². The molecule has 3 nitrogen and oxygen atoms in total. The van der Waals surface area contributed by atoms with E-state index in [4.69, 9.17) is 29.0 Å². The highest BCUT2D eigenvalue weighted by molar-refractivity contribution is 6.40. The summed E-state index contributed by atoms with van der Waals surface area (Å²) in [6, 6.07) is 12.4. The average molecular weight is 323 g/mol. The smallest absolute Gasteiger partial charge is 0.267 e. The SMILES string of the molecule is CCCc1ccc(C(=O)N(N)c2c(Cl)cccc2Cl)cc1. The Hall–Kier alpha value is -1.55. The maximum atomic E-state index is 12.4. The number of carbonyl (C=O) groups is 1. The fourth-order valence-corrected chi connectivity index (χ4v) is 2.64. The molecule has 2 rings (SSSR count). The number of hydrogen-bond donors (Lipinski definition) is 1. The lowest BCUT2D eigenvalue weighted by molar-refractivity contribution is 0.0987. The summed E-state index contributed by atoms with van der Waals surface area (Å²) < 4.78 is 0. The molecule has 0 aliphatic carbocycles. The minimum absolute atomic E-state index is 0.309. The quantitative estimate of drug-likeness (QED) is 0.513. The number of nitrogens with zero attached hydrogens (tertiary/aromatic N) is 1. The van der Waals surface area contributed by atoms with Crippen molar-refractivity contribution in [2.24, 2.45) is 5.84 Å². The minimum atomic E-state index is -0.354. The largest absolute Gasteiger partial charge is 0.272 e. The van der Waals surface area contributed by atoms with E-state index in [1.165, 1.54) is 5.56 Å². The molecule has 0 bridgehead atoms. The molecule has 0 aliphatic heterocycles. The molecule has 5 heteroatoms. The van der Waals surface area contributed by atoms with Gasteiger partial charge in [-0.15, -0.1) is 0 Å². The lowest BCUT2D eigenvalue weighted by atomic mass is 10.1. The normalized spacial score (nSPS) is 10.5. The summed E-state index contributed by atoms with van der Waals surface area (Å²) in [5.41, 5.74) is 1.99. The topological polar surface area (TPSA) is 46.3 Å². The van der Waals surface area contributed by atoms with Crippen molar-refractivity contribution in [3.8, 4) is 0 Å². The number of hydrogen-bond acceptors (Lipinski definition) is 2. The minimum Gasteiger partial charge on any atom is -0.267 e. The van der Waals surface area contributed by atoms with Gasteiger partial charge >= 0.3 is 0 Å². The van der Waals surface area contributed by atoms with E-state index >= 15 is 0 Å². The second-order valence-corrected chi connectivity index (χ2v) is 5.51. The van der Waals surface area contributed by atoms with Crippen LogP contribution in [0.2, 0.25) is 10.0 Å². The van der Waals surface area contributed by atoms with Crippen LogP contribution in [0.15, 0.2) is 42.5 Å². The molecule has 2 aromatic carbocycles. The molecule has 110 valence electrons. The zero-order valence-electron chi connectivity index (χ0n) is 11.6. The van der Waals surface area contributed by atoms with Crippen LogP contribution in [0.3, 0.4) is 0 Å². The van der Waals surface area contributed by atoms with Gasteiger partial charge in [0.1, 0.15) is 0 Å². The van der Waals surface area contributed by atoms with Gasteiger partial charge in [-0.25, -0.2) is 10.9 Å². The Morgan fingerprint density at radius 3 is 2.19 bits per heavy atom. The summed E-state index contributed by atoms with van der Waals surface area (Å²) in [7, 11) is 0. The monoisotopic (exact) mass is 322 g/mol. The van der Waals surface area contributed by atoms with E-state index in [2.05, 4.69) is 6.92 Å². The van der Waals surface area contributed by atoms with Crippen molar-refractivity contribution >= 4 is 34.8 Å². The van der Waals surface area contributed by atoms with Crippen molar-refractivity contribution in [1.29, 1.82) is 0 Å². The van der Waals surface area contributed by atoms with E-state index in [9.17, 15) is 4.79 Å². The molecule has 0 aliphatic rings. The second kappa shape index (κ2) is 6.94. The van der Waals surface area contributed by atoms with Gasteiger partial charge in [0.05, 0.1) is 15.7 Å². The highest BCUT2D eigenvalue weighted by atomic mass is 35.5. The fraction of sp³-hybridized carbons (Fsp3) is 0.188. The van der Waals surface area contributed by atoms with Gasteiger partial charge in [0, 0.05) is 5.56 Å². The van der Waals surface area contributed by atoms with Gasteiger partial charge in [-0.05, 0) is 36.2 Å². The highest BCUT2D eigenvalue weighted by Gasteiger charge is 2.19. The summed E-state index contributed by atoms with van der Waals surface area (Å²) in [6.07, 6.45) is 2.04. The van der Waals surface area contributed by atoms with E-state index in [0.717, 1.165) is 17.9 Å². The van der Waals surface area contributed by atoms with Crippen molar-refractivity contribution in [2.75, 3.05) is 5.01 Å². The summed E-state index contributed by atoms with van der Waals surface area (Å²) in [4.78, 5) is 12.4. The van der Waals surface area contributed by atoms with Crippen LogP contribution in [0.4, 0.5) is 5.69 Å². The van der Waals surface area contributed by atoms with Crippen molar-refractivity contribution < 1.29 is 4.79 Å². The molecule has 0 unspecified atom stereocenters. The lowest BCUT2D eigenvalue weighted by Crippen LogP contribution is -2.37. The summed E-state index contributed by atoms with van der Waals surface area (Å²) >= 11 is 12.1. The molecule has 0 saturated heterocycles. The first kappa shape index (κ1) is 15.8. The highest BCUT2D eigenvalue weighted by Crippen LogP contribution is 2.32. The van der Waals surface area contributed by atoms with Gasteiger partial charge in [0.15, 0.2) is 0 Å². The molecule has 2 N–H and O–H groups in total. The Balaban J connectivity index is 2.27. The maximum Gasteiger partial charge on any atom is 0.272 e. The Morgan fingerprint density at radius 1 is 1.10 bits per heavy atom. The third-order valence-corrected chi connectivity index (χ3v) is 3.75. The van der Waals surface area contributed by atoms with Crippen LogP contribution >= 0.6 is 23.2 Å². The molecule has 0 heterocycles. The second-order valence-electron chi connectivity index (χ2n) is 4.69. The number of halogens is 2. The van der Waals surface area contributed by atoms with Crippen LogP contribution in [-0.4, -0.2) is 5.91 Å². The van der Waals surface area contributed by atoms with E-state index in [1.54, 1.807) is 30.3 Å². The van der Waals surface area contributed by atoms with Gasteiger partial charge in [0.25, 0.3) is 5.91 Å². The number of nitrogens with two attached hydrogens (primary N) is 1. The Labute approximate surface area is 134 Å². The zero-order chi connectivity index (χ0) is 15.4. The molecular weight excluding hydrogens is 307 g/mol. The molecule has 0 fully saturated rings. The van der Waals surface area contributed by atoms with Crippen LogP contribution < -0.4 is 10.9 Å². The summed E-state index contributed by atoms with van der Waals surface area (Å²) in [5, 5.41) is 1.65. The maximum absolute atomic E-state index is 12.4. The molecule has 1 amide bonds. The summed E-state index contributed by atoms with van der Waals surface area (Å²) in [5.74, 6) is 5.53. The van der Waals surface area contributed by atoms with Crippen LogP contribution in [0, 0.1) is 0 Å². The van der Waals surface area contributed by atoms with Gasteiger partial charge in [0.2, 0.25) is 0 Å². The van der Waals surface area contributed by atoms with E-state index < -0.39 is 0 Å². The first-order chi connectivity index (χ1) is 10.0. The number of benzene rings is 2. The Kier molecular flexibility index (Phi) is 5.23. The predicted molar refractivity (Wildman–Crippen MR) is 87.9 cm³/mol. The molecule has 0 spiro atoms. The van der Waals surface area contributed by atoms with Gasteiger partial charge in [-0.1, -0.05) is 54.7 Å². The van der Waals surface area contributed by atoms with Crippen molar-refractivity contribution in [1.82, 2.24) is 0 Å². The summed E-state index contributed by atoms with van der Waals surface area (Å²) in [6.45, 7) is 2.11. The third-order valence-electron chi connectivity index (χ3n) is 3.14. The number of anilines is 1. The molecule has 0 saturated carbocycles. The Morgan fingerprint density at radius 2 is 1.67 bits per heavy atom. The number of para-hydroxylation sites is 1. The number of carbonyl (C=O) groups excluding carboxylic acids is 1. The van der Waals surface area contributed by atoms with E-state index in [1.807, 2.05) is 12.1 Å². The number of hydrazine groups is 1. The standard InChI is InChI=1S/C16H16Cl2N2O/c1-2-4-11-7-9-12(10-8-11)16(21)20(19)15-13(17)5-3-6-14(15)18/h3,5-10H,2,4,19H2,1H3. The predicted octanol–water partition coefficient (Wildman–Crippen LogP) is 4.47. The number of rotatable bonds is 4. The third kappa shape index (κ3) is 3.56. The first-order valence-electron chi connectivity index (χ1n) is 6.66. The Bertz CT molecular complexity index is 621. The molecule has 0 aromatic heterocycles. The van der Waals surface area contributed by atoms with Gasteiger partial charge < -0.3 is 0 Å². The van der Waals surface area contributed by atoms with E-state index in [-0.39, 0.29) is 5.91 Å². The number of aryl methyl sites for hydroxylation is 1. The van der Waals surface area contributed by atoms with E-state index in [0.29, 0.717) is 21.3 Å². The number of amides is 1. The molecule has 0 atom stereocenters. The molecular formula is C16H16Cl2N2O. The molecule has 2 aromatic rings. The zero-order valence-corrected chi connectivity index (χ0v) is 13.2. The van der Waals surface area contributed by atoms with Crippen LogP contribution in [0.1, 0.15) is 29.3 Å². The van der Waals surface area contributed by atoms with Crippen molar-refractivity contribution in [3.63, 3.8) is 0 Å². The fourth-order valence-electron chi connectivity index (χ4n) is 2.06. The van der Waals surface area contributed by atoms with Crippen molar-refractivity contribution in [3.05, 3.63) is 63.6 Å². The first-order valence-corrected chi connectivity index (χ1v) is 7.42.